The van der Waals surface area contributed by atoms with Crippen LogP contribution in [0.3, 0.4) is 0 Å². The lowest BCUT2D eigenvalue weighted by Crippen LogP contribution is -2.34. The van der Waals surface area contributed by atoms with Crippen LogP contribution in [0.5, 0.6) is 0 Å². The number of rotatable bonds is 4. The van der Waals surface area contributed by atoms with Gasteiger partial charge in [0.1, 0.15) is 0 Å². The predicted octanol–water partition coefficient (Wildman–Crippen LogP) is 4.14. The van der Waals surface area contributed by atoms with Crippen LogP contribution in [0.2, 0.25) is 0 Å². The molecule has 98 valence electrons. The second-order valence-corrected chi connectivity index (χ2v) is 6.63. The van der Waals surface area contributed by atoms with Crippen LogP contribution in [0.25, 0.3) is 0 Å². The smallest absolute Gasteiger partial charge is 0.0450 e. The van der Waals surface area contributed by atoms with E-state index in [0.717, 1.165) is 17.7 Å². The lowest BCUT2D eigenvalue weighted by atomic mass is 9.85. The van der Waals surface area contributed by atoms with Gasteiger partial charge in [0.15, 0.2) is 0 Å². The Hall–Kier alpha value is -0.470. The Morgan fingerprint density at radius 3 is 2.78 bits per heavy atom. The molecule has 1 saturated carbocycles. The van der Waals surface area contributed by atoms with Crippen LogP contribution in [0.4, 0.5) is 0 Å². The van der Waals surface area contributed by atoms with E-state index in [9.17, 15) is 0 Å². The van der Waals surface area contributed by atoms with Gasteiger partial charge in [-0.3, -0.25) is 4.90 Å². The molecule has 1 aromatic rings. The van der Waals surface area contributed by atoms with Crippen molar-refractivity contribution in [1.29, 1.82) is 0 Å². The molecule has 1 nitrogen and oxygen atoms in total. The zero-order valence-electron chi connectivity index (χ0n) is 11.1. The van der Waals surface area contributed by atoms with Crippen molar-refractivity contribution in [2.24, 2.45) is 5.92 Å². The van der Waals surface area contributed by atoms with Gasteiger partial charge < -0.3 is 0 Å². The van der Waals surface area contributed by atoms with Gasteiger partial charge in [-0.2, -0.15) is 0 Å². The van der Waals surface area contributed by atoms with Gasteiger partial charge in [-0.25, -0.2) is 0 Å². The summed E-state index contributed by atoms with van der Waals surface area (Å²) in [6, 6.07) is 11.8. The second-order valence-electron chi connectivity index (χ2n) is 5.68. The monoisotopic (exact) mass is 261 g/mol. The first-order valence-corrected chi connectivity index (χ1v) is 8.45. The minimum Gasteiger partial charge on any atom is -0.291 e. The minimum atomic E-state index is 0.919. The molecule has 1 aromatic carbocycles. The number of thioether (sulfide) groups is 1. The van der Waals surface area contributed by atoms with E-state index in [1.54, 1.807) is 0 Å². The van der Waals surface area contributed by atoms with E-state index in [1.165, 1.54) is 50.1 Å². The summed E-state index contributed by atoms with van der Waals surface area (Å²) in [5.41, 5.74) is 1.46. The summed E-state index contributed by atoms with van der Waals surface area (Å²) in [6.07, 6.45) is 7.34. The summed E-state index contributed by atoms with van der Waals surface area (Å²) in [5.74, 6) is 3.42. The van der Waals surface area contributed by atoms with E-state index >= 15 is 0 Å². The molecule has 1 aliphatic heterocycles. The largest absolute Gasteiger partial charge is 0.291 e. The Labute approximate surface area is 115 Å². The number of fused-ring (bicyclic) bond motifs is 1. The Morgan fingerprint density at radius 2 is 1.89 bits per heavy atom. The molecule has 2 atom stereocenters. The number of nitrogens with zero attached hydrogens (tertiary/aromatic N) is 1. The Balaban J connectivity index is 1.46. The van der Waals surface area contributed by atoms with Gasteiger partial charge in [-0.15, -0.1) is 11.8 Å². The third-order valence-electron chi connectivity index (χ3n) is 4.49. The number of benzene rings is 1. The fourth-order valence-electron chi connectivity index (χ4n) is 3.52. The van der Waals surface area contributed by atoms with Crippen molar-refractivity contribution in [3.8, 4) is 0 Å². The highest BCUT2D eigenvalue weighted by atomic mass is 32.2. The van der Waals surface area contributed by atoms with Crippen molar-refractivity contribution >= 4 is 11.8 Å². The van der Waals surface area contributed by atoms with Crippen LogP contribution in [0.15, 0.2) is 30.3 Å². The highest BCUT2D eigenvalue weighted by Gasteiger charge is 2.35. The summed E-state index contributed by atoms with van der Waals surface area (Å²) >= 11 is 2.09. The molecule has 2 aliphatic rings. The topological polar surface area (TPSA) is 3.24 Å². The molecule has 0 N–H and O–H groups in total. The maximum absolute atomic E-state index is 2.75. The molecule has 0 bridgehead atoms. The molecule has 2 fully saturated rings. The van der Waals surface area contributed by atoms with Crippen LogP contribution >= 0.6 is 11.8 Å². The van der Waals surface area contributed by atoms with Crippen molar-refractivity contribution in [2.45, 2.75) is 43.9 Å². The molecule has 3 rings (SSSR count). The van der Waals surface area contributed by atoms with Gasteiger partial charge in [0.05, 0.1) is 0 Å². The molecule has 0 amide bonds. The number of hydrogen-bond donors (Lipinski definition) is 0. The molecule has 1 saturated heterocycles. The number of likely N-dealkylation sites (tertiary alicyclic amines) is 1. The summed E-state index contributed by atoms with van der Waals surface area (Å²) in [7, 11) is 0. The molecular formula is C16H23NS. The zero-order chi connectivity index (χ0) is 12.2. The van der Waals surface area contributed by atoms with Gasteiger partial charge in [-0.05, 0) is 37.3 Å². The van der Waals surface area contributed by atoms with Gasteiger partial charge >= 0.3 is 0 Å². The zero-order valence-corrected chi connectivity index (χ0v) is 11.9. The van der Waals surface area contributed by atoms with Crippen molar-refractivity contribution in [2.75, 3.05) is 12.4 Å². The van der Waals surface area contributed by atoms with Gasteiger partial charge in [0.25, 0.3) is 0 Å². The normalized spacial score (nSPS) is 28.2. The average Bonchev–Trinajstić information content (AvgIpc) is 2.84. The van der Waals surface area contributed by atoms with E-state index in [0.29, 0.717) is 0 Å². The highest BCUT2D eigenvalue weighted by Crippen LogP contribution is 2.36. The molecule has 2 heteroatoms. The summed E-state index contributed by atoms with van der Waals surface area (Å²) in [4.78, 5) is 2.75. The molecule has 0 spiro atoms. The van der Waals surface area contributed by atoms with Gasteiger partial charge in [0, 0.05) is 17.7 Å². The second kappa shape index (κ2) is 6.12. The Morgan fingerprint density at radius 1 is 1.06 bits per heavy atom. The van der Waals surface area contributed by atoms with E-state index in [1.807, 2.05) is 0 Å². The first kappa shape index (κ1) is 12.6. The summed E-state index contributed by atoms with van der Waals surface area (Å²) < 4.78 is 0. The van der Waals surface area contributed by atoms with Crippen LogP contribution in [-0.2, 0) is 5.75 Å². The quantitative estimate of drug-likeness (QED) is 0.801. The molecule has 18 heavy (non-hydrogen) atoms. The molecule has 1 heterocycles. The van der Waals surface area contributed by atoms with E-state index in [-0.39, 0.29) is 0 Å². The maximum atomic E-state index is 2.75. The average molecular weight is 261 g/mol. The van der Waals surface area contributed by atoms with Crippen molar-refractivity contribution in [3.05, 3.63) is 35.9 Å². The van der Waals surface area contributed by atoms with Crippen molar-refractivity contribution < 1.29 is 0 Å². The SMILES string of the molecule is c1ccc(CSCN2CCC3CCCCC32)cc1. The maximum Gasteiger partial charge on any atom is 0.0450 e. The summed E-state index contributed by atoms with van der Waals surface area (Å²) in [5, 5.41) is 0. The van der Waals surface area contributed by atoms with Gasteiger partial charge in [0.2, 0.25) is 0 Å². The lowest BCUT2D eigenvalue weighted by Gasteiger charge is -2.31. The van der Waals surface area contributed by atoms with Crippen molar-refractivity contribution in [3.63, 3.8) is 0 Å². The van der Waals surface area contributed by atoms with Crippen LogP contribution in [0, 0.1) is 5.92 Å². The first-order chi connectivity index (χ1) is 8.93. The van der Waals surface area contributed by atoms with E-state index in [4.69, 9.17) is 0 Å². The Bertz CT molecular complexity index is 365. The van der Waals surface area contributed by atoms with Crippen molar-refractivity contribution in [1.82, 2.24) is 4.90 Å². The summed E-state index contributed by atoms with van der Waals surface area (Å²) in [6.45, 7) is 1.34. The number of hydrogen-bond acceptors (Lipinski definition) is 2. The molecular weight excluding hydrogens is 238 g/mol. The Kier molecular flexibility index (Phi) is 4.27. The van der Waals surface area contributed by atoms with Crippen LogP contribution in [-0.4, -0.2) is 23.4 Å². The third kappa shape index (κ3) is 2.92. The fraction of sp³-hybridized carbons (Fsp3) is 0.625. The molecule has 0 aromatic heterocycles. The first-order valence-electron chi connectivity index (χ1n) is 7.29. The molecule has 2 unspecified atom stereocenters. The molecule has 0 radical (unpaired) electrons. The fourth-order valence-corrected chi connectivity index (χ4v) is 4.59. The predicted molar refractivity (Wildman–Crippen MR) is 79.7 cm³/mol. The highest BCUT2D eigenvalue weighted by molar-refractivity contribution is 7.98. The third-order valence-corrected chi connectivity index (χ3v) is 5.55. The van der Waals surface area contributed by atoms with E-state index < -0.39 is 0 Å². The van der Waals surface area contributed by atoms with E-state index in [2.05, 4.69) is 47.0 Å². The molecule has 1 aliphatic carbocycles. The van der Waals surface area contributed by atoms with Crippen LogP contribution in [0.1, 0.15) is 37.7 Å². The standard InChI is InChI=1S/C16H23NS/c1-2-6-14(7-3-1)12-18-13-17-11-10-15-8-4-5-9-16(15)17/h1-3,6-7,15-16H,4-5,8-13H2. The van der Waals surface area contributed by atoms with Gasteiger partial charge in [-0.1, -0.05) is 43.2 Å². The lowest BCUT2D eigenvalue weighted by molar-refractivity contribution is 0.207. The van der Waals surface area contributed by atoms with Crippen LogP contribution < -0.4 is 0 Å². The minimum absolute atomic E-state index is 0.919.